The van der Waals surface area contributed by atoms with Crippen LogP contribution in [0.25, 0.3) is 0 Å². The van der Waals surface area contributed by atoms with Crippen LogP contribution in [0.5, 0.6) is 5.75 Å². The average Bonchev–Trinajstić information content (AvgIpc) is 2.42. The van der Waals surface area contributed by atoms with Crippen LogP contribution in [0.2, 0.25) is 0 Å². The highest BCUT2D eigenvalue weighted by molar-refractivity contribution is 9.10. The smallest absolute Gasteiger partial charge is 0.165 e. The number of nitrogens with two attached hydrogens (primary N) is 1. The van der Waals surface area contributed by atoms with Crippen LogP contribution >= 0.6 is 15.9 Å². The lowest BCUT2D eigenvalue weighted by Gasteiger charge is -2.16. The lowest BCUT2D eigenvalue weighted by Crippen LogP contribution is -2.29. The van der Waals surface area contributed by atoms with Gasteiger partial charge in [0.2, 0.25) is 0 Å². The van der Waals surface area contributed by atoms with Gasteiger partial charge >= 0.3 is 0 Å². The van der Waals surface area contributed by atoms with Crippen LogP contribution in [0.15, 0.2) is 41.0 Å². The Kier molecular flexibility index (Phi) is 4.47. The molecule has 3 N–H and O–H groups in total. The van der Waals surface area contributed by atoms with Gasteiger partial charge in [-0.05, 0) is 45.8 Å². The Morgan fingerprint density at radius 1 is 1.37 bits per heavy atom. The van der Waals surface area contributed by atoms with E-state index in [1.54, 1.807) is 18.3 Å². The second-order valence-electron chi connectivity index (χ2n) is 3.89. The van der Waals surface area contributed by atoms with E-state index in [9.17, 15) is 4.39 Å². The van der Waals surface area contributed by atoms with Gasteiger partial charge in [-0.3, -0.25) is 10.8 Å². The molecule has 1 atom stereocenters. The fourth-order valence-corrected chi connectivity index (χ4v) is 2.01. The van der Waals surface area contributed by atoms with Gasteiger partial charge < -0.3 is 4.74 Å². The largest absolute Gasteiger partial charge is 0.494 e. The molecule has 100 valence electrons. The molecule has 19 heavy (non-hydrogen) atoms. The molecule has 1 aromatic carbocycles. The number of hydrogen-bond acceptors (Lipinski definition) is 4. The summed E-state index contributed by atoms with van der Waals surface area (Å²) in [5, 5.41) is 0. The molecule has 2 rings (SSSR count). The van der Waals surface area contributed by atoms with Gasteiger partial charge in [0.15, 0.2) is 11.6 Å². The molecule has 0 aliphatic heterocycles. The maximum absolute atomic E-state index is 13.7. The second kappa shape index (κ2) is 6.10. The van der Waals surface area contributed by atoms with E-state index in [4.69, 9.17) is 10.6 Å². The van der Waals surface area contributed by atoms with Crippen LogP contribution in [0.3, 0.4) is 0 Å². The summed E-state index contributed by atoms with van der Waals surface area (Å²) < 4.78 is 19.5. The summed E-state index contributed by atoms with van der Waals surface area (Å²) in [6.45, 7) is 0. The molecule has 0 saturated heterocycles. The van der Waals surface area contributed by atoms with E-state index >= 15 is 0 Å². The van der Waals surface area contributed by atoms with Crippen molar-refractivity contribution in [3.63, 3.8) is 0 Å². The van der Waals surface area contributed by atoms with Crippen LogP contribution in [-0.4, -0.2) is 12.1 Å². The number of halogens is 2. The minimum Gasteiger partial charge on any atom is -0.494 e. The van der Waals surface area contributed by atoms with Crippen LogP contribution in [0.1, 0.15) is 17.3 Å². The van der Waals surface area contributed by atoms with Gasteiger partial charge in [-0.25, -0.2) is 9.82 Å². The quantitative estimate of drug-likeness (QED) is 0.670. The normalized spacial score (nSPS) is 12.2. The third-order valence-electron chi connectivity index (χ3n) is 2.72. The van der Waals surface area contributed by atoms with Crippen LogP contribution < -0.4 is 16.0 Å². The van der Waals surface area contributed by atoms with Gasteiger partial charge in [-0.1, -0.05) is 6.07 Å². The first kappa shape index (κ1) is 13.9. The zero-order valence-electron chi connectivity index (χ0n) is 10.2. The van der Waals surface area contributed by atoms with Crippen molar-refractivity contribution in [1.29, 1.82) is 0 Å². The van der Waals surface area contributed by atoms with Gasteiger partial charge in [-0.15, -0.1) is 0 Å². The van der Waals surface area contributed by atoms with Crippen LogP contribution in [0.4, 0.5) is 4.39 Å². The first-order valence-corrected chi connectivity index (χ1v) is 6.36. The molecule has 6 heteroatoms. The molecule has 0 aliphatic carbocycles. The SMILES string of the molecule is COc1ccc(C(NN)c2ccc(Br)cn2)cc1F. The summed E-state index contributed by atoms with van der Waals surface area (Å²) in [5.74, 6) is 5.30. The molecule has 0 bridgehead atoms. The Bertz CT molecular complexity index is 562. The molecule has 1 heterocycles. The number of hydrogen-bond donors (Lipinski definition) is 2. The number of nitrogens with zero attached hydrogens (tertiary/aromatic N) is 1. The number of methoxy groups -OCH3 is 1. The number of benzene rings is 1. The van der Waals surface area contributed by atoms with E-state index in [1.165, 1.54) is 13.2 Å². The van der Waals surface area contributed by atoms with Gasteiger partial charge in [0.25, 0.3) is 0 Å². The van der Waals surface area contributed by atoms with E-state index < -0.39 is 5.82 Å². The fourth-order valence-electron chi connectivity index (χ4n) is 1.77. The minimum atomic E-state index is -0.433. The van der Waals surface area contributed by atoms with Gasteiger partial charge in [0.1, 0.15) is 0 Å². The Morgan fingerprint density at radius 2 is 2.16 bits per heavy atom. The Morgan fingerprint density at radius 3 is 2.68 bits per heavy atom. The van der Waals surface area contributed by atoms with E-state index in [-0.39, 0.29) is 11.8 Å². The molecule has 0 spiro atoms. The number of rotatable bonds is 4. The lowest BCUT2D eigenvalue weighted by atomic mass is 10.0. The molecule has 2 aromatic rings. The Labute approximate surface area is 118 Å². The third kappa shape index (κ3) is 3.09. The number of pyridine rings is 1. The molecule has 0 fully saturated rings. The van der Waals surface area contributed by atoms with Gasteiger partial charge in [-0.2, -0.15) is 0 Å². The van der Waals surface area contributed by atoms with E-state index in [2.05, 4.69) is 26.3 Å². The zero-order chi connectivity index (χ0) is 13.8. The first-order valence-electron chi connectivity index (χ1n) is 5.56. The van der Waals surface area contributed by atoms with Crippen molar-refractivity contribution in [3.8, 4) is 5.75 Å². The molecule has 0 radical (unpaired) electrons. The Balaban J connectivity index is 2.36. The number of ether oxygens (including phenoxy) is 1. The van der Waals surface area contributed by atoms with Crippen LogP contribution in [0, 0.1) is 5.82 Å². The second-order valence-corrected chi connectivity index (χ2v) is 4.81. The molecule has 4 nitrogen and oxygen atoms in total. The number of aromatic nitrogens is 1. The summed E-state index contributed by atoms with van der Waals surface area (Å²) in [6, 6.07) is 7.98. The molecule has 0 saturated carbocycles. The maximum Gasteiger partial charge on any atom is 0.165 e. The third-order valence-corrected chi connectivity index (χ3v) is 3.19. The number of nitrogens with one attached hydrogen (secondary N) is 1. The molecule has 1 unspecified atom stereocenters. The molecule has 0 aliphatic rings. The van der Waals surface area contributed by atoms with Crippen molar-refractivity contribution in [2.24, 2.45) is 5.84 Å². The van der Waals surface area contributed by atoms with Crippen molar-refractivity contribution in [3.05, 3.63) is 58.1 Å². The van der Waals surface area contributed by atoms with E-state index in [0.717, 1.165) is 4.47 Å². The van der Waals surface area contributed by atoms with Crippen molar-refractivity contribution < 1.29 is 9.13 Å². The topological polar surface area (TPSA) is 60.2 Å². The Hall–Kier alpha value is -1.50. The average molecular weight is 326 g/mol. The highest BCUT2D eigenvalue weighted by atomic mass is 79.9. The van der Waals surface area contributed by atoms with Gasteiger partial charge in [0.05, 0.1) is 18.8 Å². The predicted molar refractivity (Wildman–Crippen MR) is 74.1 cm³/mol. The van der Waals surface area contributed by atoms with Crippen molar-refractivity contribution in [2.45, 2.75) is 6.04 Å². The predicted octanol–water partition coefficient (Wildman–Crippen LogP) is 2.54. The standard InChI is InChI=1S/C13H13BrFN3O/c1-19-12-5-2-8(6-10(12)15)13(18-16)11-4-3-9(14)7-17-11/h2-7,13,18H,16H2,1H3. The fraction of sp³-hybridized carbons (Fsp3) is 0.154. The summed E-state index contributed by atoms with van der Waals surface area (Å²) in [7, 11) is 1.42. The monoisotopic (exact) mass is 325 g/mol. The highest BCUT2D eigenvalue weighted by Gasteiger charge is 2.15. The summed E-state index contributed by atoms with van der Waals surface area (Å²) in [6.07, 6.45) is 1.67. The van der Waals surface area contributed by atoms with Crippen molar-refractivity contribution >= 4 is 15.9 Å². The minimum absolute atomic E-state index is 0.197. The number of hydrazine groups is 1. The molecular weight excluding hydrogens is 313 g/mol. The maximum atomic E-state index is 13.7. The zero-order valence-corrected chi connectivity index (χ0v) is 11.8. The van der Waals surface area contributed by atoms with E-state index in [1.807, 2.05) is 12.1 Å². The summed E-state index contributed by atoms with van der Waals surface area (Å²) in [4.78, 5) is 4.26. The van der Waals surface area contributed by atoms with E-state index in [0.29, 0.717) is 11.3 Å². The molecule has 0 amide bonds. The van der Waals surface area contributed by atoms with Gasteiger partial charge in [0, 0.05) is 10.7 Å². The highest BCUT2D eigenvalue weighted by Crippen LogP contribution is 2.25. The summed E-state index contributed by atoms with van der Waals surface area (Å²) in [5.41, 5.74) is 4.01. The van der Waals surface area contributed by atoms with Crippen molar-refractivity contribution in [2.75, 3.05) is 7.11 Å². The summed E-state index contributed by atoms with van der Waals surface area (Å²) >= 11 is 3.31. The molecule has 1 aromatic heterocycles. The van der Waals surface area contributed by atoms with Crippen molar-refractivity contribution in [1.82, 2.24) is 10.4 Å². The van der Waals surface area contributed by atoms with Crippen LogP contribution in [-0.2, 0) is 0 Å². The first-order chi connectivity index (χ1) is 9.15. The molecular formula is C13H13BrFN3O. The lowest BCUT2D eigenvalue weighted by molar-refractivity contribution is 0.385.